The van der Waals surface area contributed by atoms with Crippen LogP contribution < -0.4 is 4.74 Å². The van der Waals surface area contributed by atoms with Crippen LogP contribution in [0.5, 0.6) is 5.75 Å². The monoisotopic (exact) mass is 421 g/mol. The molecule has 162 valence electrons. The van der Waals surface area contributed by atoms with Crippen molar-refractivity contribution in [2.75, 3.05) is 0 Å². The molecule has 0 N–H and O–H groups in total. The molecule has 1 heterocycles. The SMILES string of the molecule is [C-]#[N+]/C(C#N)=C/c1cc(C(C)(C)C)c(OCc2cnc([N+](=O)[O-])n2C)c(C(C)(C)C)c1. The molecular weight excluding hydrogens is 394 g/mol. The van der Waals surface area contributed by atoms with Gasteiger partial charge in [-0.3, -0.25) is 0 Å². The zero-order valence-corrected chi connectivity index (χ0v) is 19.0. The Morgan fingerprint density at radius 2 is 1.84 bits per heavy atom. The molecule has 0 spiro atoms. The Morgan fingerprint density at radius 1 is 1.29 bits per heavy atom. The van der Waals surface area contributed by atoms with Gasteiger partial charge in [-0.15, -0.1) is 0 Å². The summed E-state index contributed by atoms with van der Waals surface area (Å²) in [6, 6.07) is 5.77. The third-order valence-corrected chi connectivity index (χ3v) is 4.85. The largest absolute Gasteiger partial charge is 0.485 e. The maximum atomic E-state index is 11.1. The van der Waals surface area contributed by atoms with Gasteiger partial charge in [0.2, 0.25) is 0 Å². The number of nitro groups is 1. The van der Waals surface area contributed by atoms with Crippen LogP contribution in [0.1, 0.15) is 63.9 Å². The Hall–Kier alpha value is -3.65. The van der Waals surface area contributed by atoms with E-state index in [1.54, 1.807) is 13.1 Å². The summed E-state index contributed by atoms with van der Waals surface area (Å²) < 4.78 is 7.67. The number of rotatable bonds is 5. The van der Waals surface area contributed by atoms with E-state index in [9.17, 15) is 10.1 Å². The van der Waals surface area contributed by atoms with Crippen molar-refractivity contribution in [1.82, 2.24) is 9.55 Å². The van der Waals surface area contributed by atoms with Gasteiger partial charge in [0.15, 0.2) is 5.69 Å². The number of hydrogen-bond donors (Lipinski definition) is 0. The molecule has 2 aromatic rings. The number of benzene rings is 1. The Balaban J connectivity index is 2.65. The lowest BCUT2D eigenvalue weighted by molar-refractivity contribution is -0.396. The highest BCUT2D eigenvalue weighted by Gasteiger charge is 2.28. The molecule has 0 saturated carbocycles. The van der Waals surface area contributed by atoms with E-state index in [1.807, 2.05) is 18.2 Å². The van der Waals surface area contributed by atoms with Gasteiger partial charge in [0.1, 0.15) is 18.6 Å². The van der Waals surface area contributed by atoms with Crippen LogP contribution in [0.15, 0.2) is 24.0 Å². The van der Waals surface area contributed by atoms with Crippen LogP contribution in [0.25, 0.3) is 10.9 Å². The van der Waals surface area contributed by atoms with Crippen LogP contribution >= 0.6 is 0 Å². The molecule has 2 rings (SSSR count). The minimum absolute atomic E-state index is 0.00980. The van der Waals surface area contributed by atoms with Crippen LogP contribution in [0, 0.1) is 28.0 Å². The molecule has 0 radical (unpaired) electrons. The highest BCUT2D eigenvalue weighted by molar-refractivity contribution is 5.64. The van der Waals surface area contributed by atoms with Crippen LogP contribution in [0.2, 0.25) is 0 Å². The Bertz CT molecular complexity index is 1070. The number of aromatic nitrogens is 2. The summed E-state index contributed by atoms with van der Waals surface area (Å²) in [4.78, 5) is 17.7. The molecule has 0 aliphatic heterocycles. The van der Waals surface area contributed by atoms with E-state index in [0.717, 1.165) is 16.7 Å². The molecular formula is C23H27N5O3. The van der Waals surface area contributed by atoms with E-state index in [4.69, 9.17) is 16.6 Å². The van der Waals surface area contributed by atoms with Gasteiger partial charge in [-0.1, -0.05) is 46.5 Å². The van der Waals surface area contributed by atoms with E-state index in [0.29, 0.717) is 11.4 Å². The predicted octanol–water partition coefficient (Wildman–Crippen LogP) is 5.29. The Labute approximate surface area is 182 Å². The molecule has 0 atom stereocenters. The van der Waals surface area contributed by atoms with Crippen molar-refractivity contribution in [2.45, 2.75) is 59.0 Å². The van der Waals surface area contributed by atoms with Crippen LogP contribution in [-0.4, -0.2) is 14.5 Å². The van der Waals surface area contributed by atoms with Crippen LogP contribution in [-0.2, 0) is 24.5 Å². The summed E-state index contributed by atoms with van der Waals surface area (Å²) in [5.41, 5.74) is 2.61. The first-order chi connectivity index (χ1) is 14.3. The molecule has 1 aromatic carbocycles. The van der Waals surface area contributed by atoms with Crippen molar-refractivity contribution >= 4 is 12.0 Å². The number of ether oxygens (including phenoxy) is 1. The molecule has 0 fully saturated rings. The molecule has 1 aromatic heterocycles. The average Bonchev–Trinajstić information content (AvgIpc) is 3.03. The molecule has 0 saturated heterocycles. The molecule has 0 aliphatic rings. The quantitative estimate of drug-likeness (QED) is 0.283. The summed E-state index contributed by atoms with van der Waals surface area (Å²) in [5.74, 6) is 0.455. The molecule has 31 heavy (non-hydrogen) atoms. The topological polar surface area (TPSA) is 98.3 Å². The normalized spacial score (nSPS) is 12.2. The minimum Gasteiger partial charge on any atom is -0.485 e. The maximum Gasteiger partial charge on any atom is 0.434 e. The zero-order valence-electron chi connectivity index (χ0n) is 19.0. The molecule has 0 aliphatic carbocycles. The summed E-state index contributed by atoms with van der Waals surface area (Å²) in [6.07, 6.45) is 3.02. The average molecular weight is 422 g/mol. The highest BCUT2D eigenvalue weighted by Crippen LogP contribution is 2.41. The fraction of sp³-hybridized carbons (Fsp3) is 0.435. The predicted molar refractivity (Wildman–Crippen MR) is 118 cm³/mol. The van der Waals surface area contributed by atoms with Gasteiger partial charge in [-0.25, -0.2) is 14.7 Å². The van der Waals surface area contributed by atoms with Gasteiger partial charge in [0, 0.05) is 11.1 Å². The fourth-order valence-corrected chi connectivity index (χ4v) is 3.14. The summed E-state index contributed by atoms with van der Waals surface area (Å²) in [6.45, 7) is 19.6. The molecule has 8 nitrogen and oxygen atoms in total. The first kappa shape index (κ1) is 23.6. The summed E-state index contributed by atoms with van der Waals surface area (Å²) in [5, 5.41) is 20.3. The smallest absolute Gasteiger partial charge is 0.434 e. The third-order valence-electron chi connectivity index (χ3n) is 4.85. The van der Waals surface area contributed by atoms with E-state index in [-0.39, 0.29) is 29.1 Å². The lowest BCUT2D eigenvalue weighted by Crippen LogP contribution is -2.20. The van der Waals surface area contributed by atoms with E-state index < -0.39 is 4.92 Å². The molecule has 0 unspecified atom stereocenters. The van der Waals surface area contributed by atoms with E-state index in [1.165, 1.54) is 10.8 Å². The zero-order chi connectivity index (χ0) is 23.6. The Kier molecular flexibility index (Phi) is 6.56. The van der Waals surface area contributed by atoms with Crippen molar-refractivity contribution in [3.63, 3.8) is 0 Å². The standard InChI is InChI=1S/C23H27N5O3/c1-22(2,3)18-10-15(9-16(12-24)25-7)11-19(23(4,5)6)20(18)31-14-17-13-26-21(27(17)8)28(29)30/h9-11,13H,14H2,1-6,8H3/b16-9+. The number of imidazole rings is 1. The van der Waals surface area contributed by atoms with Gasteiger partial charge in [-0.2, -0.15) is 0 Å². The fourth-order valence-electron chi connectivity index (χ4n) is 3.14. The molecule has 0 amide bonds. The van der Waals surface area contributed by atoms with Gasteiger partial charge >= 0.3 is 5.95 Å². The highest BCUT2D eigenvalue weighted by atomic mass is 16.6. The van der Waals surface area contributed by atoms with Crippen molar-refractivity contribution < 1.29 is 9.66 Å². The number of nitriles is 1. The van der Waals surface area contributed by atoms with Gasteiger partial charge < -0.3 is 14.9 Å². The number of nitrogens with zero attached hydrogens (tertiary/aromatic N) is 5. The third kappa shape index (κ3) is 5.29. The van der Waals surface area contributed by atoms with Crippen molar-refractivity contribution in [3.8, 4) is 11.8 Å². The summed E-state index contributed by atoms with van der Waals surface area (Å²) in [7, 11) is 1.58. The van der Waals surface area contributed by atoms with Crippen molar-refractivity contribution in [3.05, 3.63) is 67.9 Å². The Morgan fingerprint density at radius 3 is 2.23 bits per heavy atom. The molecule has 8 heteroatoms. The minimum atomic E-state index is -0.532. The maximum absolute atomic E-state index is 11.1. The van der Waals surface area contributed by atoms with E-state index >= 15 is 0 Å². The second kappa shape index (κ2) is 8.61. The first-order valence-corrected chi connectivity index (χ1v) is 9.75. The van der Waals surface area contributed by atoms with Gasteiger partial charge in [0.05, 0.1) is 19.7 Å². The second-order valence-corrected chi connectivity index (χ2v) is 9.35. The lowest BCUT2D eigenvalue weighted by atomic mass is 9.78. The van der Waals surface area contributed by atoms with Crippen LogP contribution in [0.3, 0.4) is 0 Å². The van der Waals surface area contributed by atoms with Gasteiger partial charge in [0.25, 0.3) is 5.70 Å². The summed E-state index contributed by atoms with van der Waals surface area (Å²) >= 11 is 0. The number of allylic oxidation sites excluding steroid dienone is 1. The lowest BCUT2D eigenvalue weighted by Gasteiger charge is -2.30. The van der Waals surface area contributed by atoms with Crippen molar-refractivity contribution in [2.24, 2.45) is 7.05 Å². The first-order valence-electron chi connectivity index (χ1n) is 9.75. The number of hydrogen-bond acceptors (Lipinski definition) is 5. The van der Waals surface area contributed by atoms with Gasteiger partial charge in [-0.05, 0) is 39.5 Å². The molecule has 0 bridgehead atoms. The van der Waals surface area contributed by atoms with Crippen LogP contribution in [0.4, 0.5) is 5.95 Å². The van der Waals surface area contributed by atoms with Crippen molar-refractivity contribution in [1.29, 1.82) is 5.26 Å². The van der Waals surface area contributed by atoms with E-state index in [2.05, 4.69) is 51.4 Å². The second-order valence-electron chi connectivity index (χ2n) is 9.35.